The molecule has 2 rings (SSSR count). The number of carbonyl (C=O) groups is 2. The maximum absolute atomic E-state index is 11.9. The van der Waals surface area contributed by atoms with E-state index in [1.165, 1.54) is 26.4 Å². The van der Waals surface area contributed by atoms with Gasteiger partial charge in [0.2, 0.25) is 11.8 Å². The third-order valence-electron chi connectivity index (χ3n) is 3.30. The molecule has 1 aromatic heterocycles. The number of amides is 2. The molecule has 0 aliphatic rings. The quantitative estimate of drug-likeness (QED) is 0.698. The first-order valence-electron chi connectivity index (χ1n) is 7.30. The lowest BCUT2D eigenvalue weighted by atomic mass is 10.1. The molecule has 0 radical (unpaired) electrons. The van der Waals surface area contributed by atoms with E-state index < -0.39 is 17.4 Å². The minimum atomic E-state index is -0.677. The molecule has 1 aromatic carbocycles. The van der Waals surface area contributed by atoms with Gasteiger partial charge in [0, 0.05) is 11.6 Å². The molecule has 2 aromatic rings. The molecule has 0 saturated heterocycles. The van der Waals surface area contributed by atoms with Crippen LogP contribution in [-0.4, -0.2) is 42.4 Å². The molecule has 0 saturated carbocycles. The molecule has 25 heavy (non-hydrogen) atoms. The number of nitrogens with one attached hydrogen (secondary N) is 1. The molecule has 3 N–H and O–H groups in total. The van der Waals surface area contributed by atoms with Crippen molar-refractivity contribution in [1.29, 1.82) is 0 Å². The monoisotopic (exact) mass is 346 g/mol. The number of ether oxygens (including phenoxy) is 2. The summed E-state index contributed by atoms with van der Waals surface area (Å²) in [6, 6.07) is 7.98. The van der Waals surface area contributed by atoms with Gasteiger partial charge >= 0.3 is 0 Å². The predicted molar refractivity (Wildman–Crippen MR) is 89.2 cm³/mol. The standard InChI is InChI=1S/C16H18N4O5/c1-24-10-3-5-13(25-2)11(7-10)12-4-6-16(23)20(19-12)9-15(22)18-8-14(17)21/h3-7H,8-9H2,1-2H3,(H2,17,21)(H,18,22). The Morgan fingerprint density at radius 1 is 1.20 bits per heavy atom. The normalized spacial score (nSPS) is 10.2. The average Bonchev–Trinajstić information content (AvgIpc) is 2.61. The number of hydrogen-bond acceptors (Lipinski definition) is 6. The van der Waals surface area contributed by atoms with E-state index in [0.29, 0.717) is 22.8 Å². The van der Waals surface area contributed by atoms with Gasteiger partial charge in [-0.05, 0) is 24.3 Å². The number of aromatic nitrogens is 2. The number of nitrogens with two attached hydrogens (primary N) is 1. The van der Waals surface area contributed by atoms with E-state index in [4.69, 9.17) is 15.2 Å². The average molecular weight is 346 g/mol. The Bertz CT molecular complexity index is 847. The Balaban J connectivity index is 2.34. The van der Waals surface area contributed by atoms with Gasteiger partial charge in [0.1, 0.15) is 18.0 Å². The molecule has 1 heterocycles. The zero-order valence-electron chi connectivity index (χ0n) is 13.8. The molecule has 0 spiro atoms. The van der Waals surface area contributed by atoms with Crippen LogP contribution in [0.3, 0.4) is 0 Å². The summed E-state index contributed by atoms with van der Waals surface area (Å²) in [5, 5.41) is 6.49. The first-order valence-corrected chi connectivity index (χ1v) is 7.30. The van der Waals surface area contributed by atoms with Crippen molar-refractivity contribution in [3.8, 4) is 22.8 Å². The van der Waals surface area contributed by atoms with Crippen molar-refractivity contribution >= 4 is 11.8 Å². The van der Waals surface area contributed by atoms with Crippen LogP contribution in [0.1, 0.15) is 0 Å². The lowest BCUT2D eigenvalue weighted by molar-refractivity contribution is -0.125. The molecule has 9 heteroatoms. The molecular weight excluding hydrogens is 328 g/mol. The zero-order chi connectivity index (χ0) is 18.4. The van der Waals surface area contributed by atoms with Crippen LogP contribution in [0.15, 0.2) is 35.1 Å². The van der Waals surface area contributed by atoms with Gasteiger partial charge in [-0.3, -0.25) is 14.4 Å². The molecule has 0 unspecified atom stereocenters. The van der Waals surface area contributed by atoms with Crippen LogP contribution in [-0.2, 0) is 16.1 Å². The van der Waals surface area contributed by atoms with Crippen LogP contribution >= 0.6 is 0 Å². The van der Waals surface area contributed by atoms with Gasteiger partial charge in [0.25, 0.3) is 5.56 Å². The van der Waals surface area contributed by atoms with Crippen molar-refractivity contribution in [1.82, 2.24) is 15.1 Å². The van der Waals surface area contributed by atoms with E-state index in [9.17, 15) is 14.4 Å². The third kappa shape index (κ3) is 4.56. The molecule has 0 fully saturated rings. The fourth-order valence-corrected chi connectivity index (χ4v) is 2.10. The second kappa shape index (κ2) is 7.95. The molecule has 132 valence electrons. The maximum atomic E-state index is 11.9. The second-order valence-electron chi connectivity index (χ2n) is 5.02. The highest BCUT2D eigenvalue weighted by Crippen LogP contribution is 2.31. The number of rotatable bonds is 7. The number of nitrogens with zero attached hydrogens (tertiary/aromatic N) is 2. The SMILES string of the molecule is COc1ccc(OC)c(-c2ccc(=O)n(CC(=O)NCC(N)=O)n2)c1. The fraction of sp³-hybridized carbons (Fsp3) is 0.250. The largest absolute Gasteiger partial charge is 0.497 e. The third-order valence-corrected chi connectivity index (χ3v) is 3.30. The minimum absolute atomic E-state index is 0.309. The second-order valence-corrected chi connectivity index (χ2v) is 5.02. The Hall–Kier alpha value is -3.36. The summed E-state index contributed by atoms with van der Waals surface area (Å²) >= 11 is 0. The van der Waals surface area contributed by atoms with Crippen LogP contribution in [0.2, 0.25) is 0 Å². The van der Waals surface area contributed by atoms with E-state index in [1.54, 1.807) is 18.2 Å². The fourth-order valence-electron chi connectivity index (χ4n) is 2.10. The van der Waals surface area contributed by atoms with Crippen molar-refractivity contribution < 1.29 is 19.1 Å². The van der Waals surface area contributed by atoms with Crippen molar-refractivity contribution in [2.45, 2.75) is 6.54 Å². The van der Waals surface area contributed by atoms with Gasteiger partial charge in [-0.15, -0.1) is 0 Å². The Morgan fingerprint density at radius 2 is 1.96 bits per heavy atom. The van der Waals surface area contributed by atoms with Gasteiger partial charge < -0.3 is 20.5 Å². The number of methoxy groups -OCH3 is 2. The van der Waals surface area contributed by atoms with Crippen molar-refractivity contribution in [3.05, 3.63) is 40.7 Å². The highest BCUT2D eigenvalue weighted by molar-refractivity contribution is 5.83. The maximum Gasteiger partial charge on any atom is 0.267 e. The van der Waals surface area contributed by atoms with Gasteiger partial charge in [0.05, 0.1) is 26.5 Å². The summed E-state index contributed by atoms with van der Waals surface area (Å²) < 4.78 is 11.5. The van der Waals surface area contributed by atoms with Crippen molar-refractivity contribution in [3.63, 3.8) is 0 Å². The highest BCUT2D eigenvalue weighted by Gasteiger charge is 2.12. The number of carbonyl (C=O) groups excluding carboxylic acids is 2. The van der Waals surface area contributed by atoms with Gasteiger partial charge in [-0.2, -0.15) is 5.10 Å². The molecular formula is C16H18N4O5. The van der Waals surface area contributed by atoms with Crippen LogP contribution < -0.4 is 26.1 Å². The molecule has 0 bridgehead atoms. The van der Waals surface area contributed by atoms with Crippen LogP contribution in [0.4, 0.5) is 0 Å². The van der Waals surface area contributed by atoms with E-state index in [0.717, 1.165) is 4.68 Å². The first kappa shape index (κ1) is 18.0. The minimum Gasteiger partial charge on any atom is -0.497 e. The van der Waals surface area contributed by atoms with Gasteiger partial charge in [0.15, 0.2) is 0 Å². The van der Waals surface area contributed by atoms with Gasteiger partial charge in [-0.25, -0.2) is 4.68 Å². The van der Waals surface area contributed by atoms with Crippen LogP contribution in [0.5, 0.6) is 11.5 Å². The Kier molecular flexibility index (Phi) is 5.72. The smallest absolute Gasteiger partial charge is 0.267 e. The summed E-state index contributed by atoms with van der Waals surface area (Å²) in [6.07, 6.45) is 0. The van der Waals surface area contributed by atoms with E-state index in [1.807, 2.05) is 0 Å². The van der Waals surface area contributed by atoms with E-state index in [-0.39, 0.29) is 13.1 Å². The molecule has 0 aliphatic heterocycles. The van der Waals surface area contributed by atoms with Crippen molar-refractivity contribution in [2.75, 3.05) is 20.8 Å². The molecule has 2 amide bonds. The lowest BCUT2D eigenvalue weighted by Crippen LogP contribution is -2.38. The summed E-state index contributed by atoms with van der Waals surface area (Å²) in [4.78, 5) is 34.4. The summed E-state index contributed by atoms with van der Waals surface area (Å²) in [6.45, 7) is -0.650. The Labute approximate surface area is 143 Å². The highest BCUT2D eigenvalue weighted by atomic mass is 16.5. The zero-order valence-corrected chi connectivity index (χ0v) is 13.8. The molecule has 0 atom stereocenters. The topological polar surface area (TPSA) is 126 Å². The molecule has 9 nitrogen and oxygen atoms in total. The van der Waals surface area contributed by atoms with Gasteiger partial charge in [-0.1, -0.05) is 0 Å². The molecule has 0 aliphatic carbocycles. The predicted octanol–water partition coefficient (Wildman–Crippen LogP) is -0.471. The summed E-state index contributed by atoms with van der Waals surface area (Å²) in [7, 11) is 3.04. The first-order chi connectivity index (χ1) is 11.9. The number of primary amides is 1. The van der Waals surface area contributed by atoms with Crippen LogP contribution in [0, 0.1) is 0 Å². The van der Waals surface area contributed by atoms with Crippen molar-refractivity contribution in [2.24, 2.45) is 5.73 Å². The van der Waals surface area contributed by atoms with E-state index in [2.05, 4.69) is 10.4 Å². The number of hydrogen-bond donors (Lipinski definition) is 2. The summed E-state index contributed by atoms with van der Waals surface area (Å²) in [5.41, 5.74) is 5.53. The number of benzene rings is 1. The van der Waals surface area contributed by atoms with Crippen LogP contribution in [0.25, 0.3) is 11.3 Å². The summed E-state index contributed by atoms with van der Waals surface area (Å²) in [5.74, 6) is -0.0992. The lowest BCUT2D eigenvalue weighted by Gasteiger charge is -2.11. The van der Waals surface area contributed by atoms with E-state index >= 15 is 0 Å². The Morgan fingerprint density at radius 3 is 2.60 bits per heavy atom.